The van der Waals surface area contributed by atoms with E-state index in [1.807, 2.05) is 31.2 Å². The van der Waals surface area contributed by atoms with Crippen molar-refractivity contribution in [3.05, 3.63) is 29.8 Å². The molecular formula is C14H21NO3. The van der Waals surface area contributed by atoms with E-state index in [-0.39, 0.29) is 12.5 Å². The minimum absolute atomic E-state index is 0.0125. The third-order valence-corrected chi connectivity index (χ3v) is 2.59. The number of carbonyl (C=O) groups excluding carboxylic acids is 1. The highest BCUT2D eigenvalue weighted by Gasteiger charge is 2.02. The van der Waals surface area contributed by atoms with Gasteiger partial charge in [0, 0.05) is 13.2 Å². The van der Waals surface area contributed by atoms with Crippen LogP contribution in [-0.2, 0) is 4.79 Å². The van der Waals surface area contributed by atoms with E-state index < -0.39 is 0 Å². The van der Waals surface area contributed by atoms with Crippen molar-refractivity contribution < 1.29 is 14.6 Å². The second-order valence-electron chi connectivity index (χ2n) is 4.14. The Hall–Kier alpha value is -1.55. The van der Waals surface area contributed by atoms with Crippen molar-refractivity contribution in [3.8, 4) is 5.75 Å². The lowest BCUT2D eigenvalue weighted by molar-refractivity contribution is -0.121. The van der Waals surface area contributed by atoms with Gasteiger partial charge in [-0.2, -0.15) is 0 Å². The zero-order valence-corrected chi connectivity index (χ0v) is 10.8. The normalized spacial score (nSPS) is 10.1. The largest absolute Gasteiger partial charge is 0.493 e. The molecule has 0 atom stereocenters. The molecule has 1 aromatic carbocycles. The fourth-order valence-corrected chi connectivity index (χ4v) is 1.53. The second kappa shape index (κ2) is 8.53. The molecule has 0 aromatic heterocycles. The van der Waals surface area contributed by atoms with Gasteiger partial charge in [-0.15, -0.1) is 0 Å². The molecule has 0 aliphatic rings. The van der Waals surface area contributed by atoms with Crippen LogP contribution in [0.5, 0.6) is 5.75 Å². The number of nitrogens with one attached hydrogen (secondary N) is 1. The van der Waals surface area contributed by atoms with Crippen LogP contribution in [0.2, 0.25) is 0 Å². The van der Waals surface area contributed by atoms with Gasteiger partial charge in [-0.05, 0) is 31.4 Å². The molecule has 0 aliphatic carbocycles. The summed E-state index contributed by atoms with van der Waals surface area (Å²) >= 11 is 0. The summed E-state index contributed by atoms with van der Waals surface area (Å²) in [5.41, 5.74) is 1.07. The minimum Gasteiger partial charge on any atom is -0.493 e. The van der Waals surface area contributed by atoms with E-state index in [0.29, 0.717) is 19.6 Å². The first kappa shape index (κ1) is 14.5. The van der Waals surface area contributed by atoms with Crippen LogP contribution >= 0.6 is 0 Å². The Morgan fingerprint density at radius 2 is 2.11 bits per heavy atom. The van der Waals surface area contributed by atoms with Crippen LogP contribution in [0.4, 0.5) is 0 Å². The summed E-state index contributed by atoms with van der Waals surface area (Å²) in [6, 6.07) is 7.74. The van der Waals surface area contributed by atoms with Crippen molar-refractivity contribution in [2.75, 3.05) is 19.8 Å². The average Bonchev–Trinajstić information content (AvgIpc) is 2.37. The van der Waals surface area contributed by atoms with Crippen LogP contribution in [0.15, 0.2) is 24.3 Å². The number of rotatable bonds is 8. The fourth-order valence-electron chi connectivity index (χ4n) is 1.53. The van der Waals surface area contributed by atoms with E-state index in [1.54, 1.807) is 0 Å². The Balaban J connectivity index is 2.14. The van der Waals surface area contributed by atoms with E-state index in [9.17, 15) is 4.79 Å². The molecule has 0 fully saturated rings. The van der Waals surface area contributed by atoms with Gasteiger partial charge in [0.15, 0.2) is 0 Å². The van der Waals surface area contributed by atoms with Crippen molar-refractivity contribution in [1.29, 1.82) is 0 Å². The van der Waals surface area contributed by atoms with E-state index in [4.69, 9.17) is 9.84 Å². The summed E-state index contributed by atoms with van der Waals surface area (Å²) in [6.07, 6.45) is 1.88. The molecule has 0 spiro atoms. The SMILES string of the molecule is Cc1ccccc1OCCC(=O)NCCCCO. The predicted molar refractivity (Wildman–Crippen MR) is 70.6 cm³/mol. The van der Waals surface area contributed by atoms with Gasteiger partial charge < -0.3 is 15.2 Å². The highest BCUT2D eigenvalue weighted by molar-refractivity contribution is 5.75. The van der Waals surface area contributed by atoms with E-state index >= 15 is 0 Å². The van der Waals surface area contributed by atoms with Crippen LogP contribution in [0.1, 0.15) is 24.8 Å². The maximum absolute atomic E-state index is 11.4. The number of aryl methyl sites for hydroxylation is 1. The Kier molecular flexibility index (Phi) is 6.87. The Morgan fingerprint density at radius 3 is 2.83 bits per heavy atom. The highest BCUT2D eigenvalue weighted by Crippen LogP contribution is 2.15. The van der Waals surface area contributed by atoms with Gasteiger partial charge in [0.1, 0.15) is 5.75 Å². The smallest absolute Gasteiger partial charge is 0.223 e. The molecule has 0 heterocycles. The maximum Gasteiger partial charge on any atom is 0.223 e. The highest BCUT2D eigenvalue weighted by atomic mass is 16.5. The molecule has 0 saturated heterocycles. The summed E-state index contributed by atoms with van der Waals surface area (Å²) in [4.78, 5) is 11.4. The van der Waals surface area contributed by atoms with Crippen LogP contribution < -0.4 is 10.1 Å². The number of para-hydroxylation sites is 1. The number of benzene rings is 1. The van der Waals surface area contributed by atoms with Gasteiger partial charge in [-0.3, -0.25) is 4.79 Å². The molecule has 0 aliphatic heterocycles. The standard InChI is InChI=1S/C14H21NO3/c1-12-6-2-3-7-13(12)18-11-8-14(17)15-9-4-5-10-16/h2-3,6-7,16H,4-5,8-11H2,1H3,(H,15,17). The van der Waals surface area contributed by atoms with Crippen LogP contribution in [-0.4, -0.2) is 30.8 Å². The van der Waals surface area contributed by atoms with Gasteiger partial charge >= 0.3 is 0 Å². The zero-order valence-electron chi connectivity index (χ0n) is 10.8. The molecule has 1 rings (SSSR count). The number of amides is 1. The van der Waals surface area contributed by atoms with Crippen LogP contribution in [0, 0.1) is 6.92 Å². The second-order valence-corrected chi connectivity index (χ2v) is 4.14. The van der Waals surface area contributed by atoms with Crippen LogP contribution in [0.25, 0.3) is 0 Å². The number of ether oxygens (including phenoxy) is 1. The van der Waals surface area contributed by atoms with Gasteiger partial charge in [-0.25, -0.2) is 0 Å². The summed E-state index contributed by atoms with van der Waals surface area (Å²) in [6.45, 7) is 3.15. The fraction of sp³-hybridized carbons (Fsp3) is 0.500. The van der Waals surface area contributed by atoms with E-state index in [2.05, 4.69) is 5.32 Å². The lowest BCUT2D eigenvalue weighted by Gasteiger charge is -2.09. The first-order valence-electron chi connectivity index (χ1n) is 6.30. The van der Waals surface area contributed by atoms with Gasteiger partial charge in [0.2, 0.25) is 5.91 Å². The topological polar surface area (TPSA) is 58.6 Å². The molecule has 4 heteroatoms. The first-order valence-corrected chi connectivity index (χ1v) is 6.30. The van der Waals surface area contributed by atoms with Crippen molar-refractivity contribution in [2.45, 2.75) is 26.2 Å². The number of aliphatic hydroxyl groups is 1. The number of hydrogen-bond acceptors (Lipinski definition) is 3. The summed E-state index contributed by atoms with van der Waals surface area (Å²) in [5.74, 6) is 0.812. The first-order chi connectivity index (χ1) is 8.74. The van der Waals surface area contributed by atoms with Gasteiger partial charge in [0.05, 0.1) is 13.0 Å². The predicted octanol–water partition coefficient (Wildman–Crippen LogP) is 1.65. The summed E-state index contributed by atoms with van der Waals surface area (Å²) < 4.78 is 5.53. The van der Waals surface area contributed by atoms with E-state index in [1.165, 1.54) is 0 Å². The number of hydrogen-bond donors (Lipinski definition) is 2. The number of carbonyl (C=O) groups is 1. The van der Waals surface area contributed by atoms with Crippen molar-refractivity contribution in [3.63, 3.8) is 0 Å². The van der Waals surface area contributed by atoms with Crippen molar-refractivity contribution >= 4 is 5.91 Å². The summed E-state index contributed by atoms with van der Waals surface area (Å²) in [7, 11) is 0. The zero-order chi connectivity index (χ0) is 13.2. The van der Waals surface area contributed by atoms with Crippen molar-refractivity contribution in [2.24, 2.45) is 0 Å². The van der Waals surface area contributed by atoms with Crippen LogP contribution in [0.3, 0.4) is 0 Å². The van der Waals surface area contributed by atoms with Crippen molar-refractivity contribution in [1.82, 2.24) is 5.32 Å². The lowest BCUT2D eigenvalue weighted by Crippen LogP contribution is -2.26. The Morgan fingerprint density at radius 1 is 1.33 bits per heavy atom. The third kappa shape index (κ3) is 5.68. The molecule has 2 N–H and O–H groups in total. The minimum atomic E-state index is -0.0125. The molecule has 1 aromatic rings. The molecule has 0 unspecified atom stereocenters. The average molecular weight is 251 g/mol. The molecule has 1 amide bonds. The monoisotopic (exact) mass is 251 g/mol. The Bertz CT molecular complexity index is 366. The molecule has 4 nitrogen and oxygen atoms in total. The molecule has 0 saturated carbocycles. The molecule has 0 radical (unpaired) electrons. The third-order valence-electron chi connectivity index (χ3n) is 2.59. The van der Waals surface area contributed by atoms with Gasteiger partial charge in [-0.1, -0.05) is 18.2 Å². The molecule has 18 heavy (non-hydrogen) atoms. The Labute approximate surface area is 108 Å². The molecular weight excluding hydrogens is 230 g/mol. The maximum atomic E-state index is 11.4. The number of aliphatic hydroxyl groups excluding tert-OH is 1. The lowest BCUT2D eigenvalue weighted by atomic mass is 10.2. The molecule has 100 valence electrons. The summed E-state index contributed by atoms with van der Waals surface area (Å²) in [5, 5.41) is 11.4. The van der Waals surface area contributed by atoms with Gasteiger partial charge in [0.25, 0.3) is 0 Å². The van der Waals surface area contributed by atoms with E-state index in [0.717, 1.165) is 24.2 Å². The number of unbranched alkanes of at least 4 members (excludes halogenated alkanes) is 1. The molecule has 0 bridgehead atoms. The quantitative estimate of drug-likeness (QED) is 0.691.